The van der Waals surface area contributed by atoms with Gasteiger partial charge in [-0.2, -0.15) is 10.5 Å². The molecule has 2 unspecified atom stereocenters. The number of amides is 2. The normalized spacial score (nSPS) is 17.8. The van der Waals surface area contributed by atoms with E-state index in [1.54, 1.807) is 36.7 Å². The van der Waals surface area contributed by atoms with Gasteiger partial charge in [0.2, 0.25) is 0 Å². The first-order chi connectivity index (χ1) is 34.2. The van der Waals surface area contributed by atoms with Gasteiger partial charge in [0.15, 0.2) is 23.0 Å². The van der Waals surface area contributed by atoms with Crippen LogP contribution in [-0.2, 0) is 25.7 Å². The number of ether oxygens (including phenoxy) is 2. The van der Waals surface area contributed by atoms with Gasteiger partial charge in [0.25, 0.3) is 11.8 Å². The van der Waals surface area contributed by atoms with Crippen LogP contribution in [0.3, 0.4) is 0 Å². The van der Waals surface area contributed by atoms with Crippen LogP contribution in [0.5, 0.6) is 11.5 Å². The molecule has 2 aliphatic carbocycles. The van der Waals surface area contributed by atoms with Gasteiger partial charge in [-0.15, -0.1) is 20.4 Å². The molecule has 2 N–H and O–H groups in total. The number of nitriles is 2. The number of rotatable bonds is 10. The number of carbonyl (C=O) groups is 2. The third kappa shape index (κ3) is 11.6. The number of aromatic nitrogens is 6. The summed E-state index contributed by atoms with van der Waals surface area (Å²) in [6.45, 7) is 7.10. The van der Waals surface area contributed by atoms with E-state index in [9.17, 15) is 9.59 Å². The van der Waals surface area contributed by atoms with Crippen LogP contribution in [0.4, 0.5) is 11.6 Å². The number of anilines is 2. The molecular formula is C54H56N12O4. The lowest BCUT2D eigenvalue weighted by Gasteiger charge is -2.33. The Morgan fingerprint density at radius 3 is 1.40 bits per heavy atom. The summed E-state index contributed by atoms with van der Waals surface area (Å²) in [6.07, 6.45) is 12.3. The fourth-order valence-electron chi connectivity index (χ4n) is 9.70. The average Bonchev–Trinajstić information content (AvgIpc) is 3.39. The highest BCUT2D eigenvalue weighted by Gasteiger charge is 2.28. The number of nitrogens with zero attached hydrogens (tertiary/aromatic N) is 10. The predicted octanol–water partition coefficient (Wildman–Crippen LogP) is 6.77. The number of piperidine rings is 2. The Balaban J connectivity index is 0.000000174. The molecule has 10 rings (SSSR count). The van der Waals surface area contributed by atoms with E-state index >= 15 is 0 Å². The zero-order valence-electron chi connectivity index (χ0n) is 39.6. The van der Waals surface area contributed by atoms with Crippen LogP contribution in [-0.4, -0.2) is 92.6 Å². The van der Waals surface area contributed by atoms with Crippen LogP contribution < -0.4 is 29.9 Å². The first-order valence-corrected chi connectivity index (χ1v) is 24.2. The molecule has 6 heterocycles. The second-order valence-electron chi connectivity index (χ2n) is 18.4. The summed E-state index contributed by atoms with van der Waals surface area (Å²) in [5, 5.41) is 41.7. The van der Waals surface area contributed by atoms with Crippen LogP contribution >= 0.6 is 0 Å². The fourth-order valence-corrected chi connectivity index (χ4v) is 9.70. The molecule has 2 atom stereocenters. The van der Waals surface area contributed by atoms with Crippen LogP contribution in [0.2, 0.25) is 0 Å². The lowest BCUT2D eigenvalue weighted by atomic mass is 9.92. The highest BCUT2D eigenvalue weighted by atomic mass is 16.5. The molecule has 0 spiro atoms. The monoisotopic (exact) mass is 936 g/mol. The minimum Gasteiger partial charge on any atom is -0.490 e. The minimum absolute atomic E-state index is 0.0552. The molecule has 356 valence electrons. The maximum atomic E-state index is 12.8. The number of hydrogen-bond acceptors (Lipinski definition) is 14. The van der Waals surface area contributed by atoms with Gasteiger partial charge < -0.3 is 29.9 Å². The lowest BCUT2D eigenvalue weighted by molar-refractivity contribution is 0.0918. The third-order valence-electron chi connectivity index (χ3n) is 13.4. The smallest absolute Gasteiger partial charge is 0.272 e. The molecule has 4 aliphatic rings. The number of aryl methyl sites for hydroxylation is 4. The van der Waals surface area contributed by atoms with E-state index in [0.29, 0.717) is 22.5 Å². The summed E-state index contributed by atoms with van der Waals surface area (Å²) in [4.78, 5) is 39.0. The molecule has 6 aromatic rings. The van der Waals surface area contributed by atoms with Crippen LogP contribution in [0.25, 0.3) is 0 Å². The standard InChI is InChI=1S/2C27H28N6O2/c2*1-18-14-25(27(34)30-21-8-7-20-5-3-11-29-24(20)16-21)31-32-26(18)33-12-9-22(10-13-33)35-23-6-2-4-19(15-23)17-28/h2*2-6,11,14-15,21-22H,7-10,12-13,16H2,1H3,(H,30,34). The molecule has 16 heteroatoms. The van der Waals surface area contributed by atoms with Crippen molar-refractivity contribution in [1.82, 2.24) is 41.0 Å². The van der Waals surface area contributed by atoms with Crippen LogP contribution in [0.1, 0.15) is 104 Å². The number of hydrogen-bond donors (Lipinski definition) is 2. The van der Waals surface area contributed by atoms with Crippen molar-refractivity contribution in [3.63, 3.8) is 0 Å². The van der Waals surface area contributed by atoms with Crippen molar-refractivity contribution in [2.75, 3.05) is 36.0 Å². The Kier molecular flexibility index (Phi) is 14.8. The maximum absolute atomic E-state index is 12.8. The minimum atomic E-state index is -0.191. The molecule has 0 saturated carbocycles. The van der Waals surface area contributed by atoms with E-state index in [1.165, 1.54) is 11.1 Å². The SMILES string of the molecule is Cc1cc(C(=O)NC2CCc3cccnc3C2)nnc1N1CCC(Oc2cccc(C#N)c2)CC1.Cc1cc(C(=O)NC2CCc3cccnc3C2)nnc1N1CCC(Oc2cccc(C#N)c2)CC1. The summed E-state index contributed by atoms with van der Waals surface area (Å²) >= 11 is 0. The first-order valence-electron chi connectivity index (χ1n) is 24.2. The highest BCUT2D eigenvalue weighted by Crippen LogP contribution is 2.28. The van der Waals surface area contributed by atoms with Crippen molar-refractivity contribution in [3.8, 4) is 23.6 Å². The van der Waals surface area contributed by atoms with Crippen molar-refractivity contribution in [2.24, 2.45) is 0 Å². The van der Waals surface area contributed by atoms with Crippen LogP contribution in [0.15, 0.2) is 97.3 Å². The molecule has 2 aliphatic heterocycles. The maximum Gasteiger partial charge on any atom is 0.272 e. The molecule has 0 radical (unpaired) electrons. The molecule has 2 fully saturated rings. The van der Waals surface area contributed by atoms with Crippen molar-refractivity contribution in [3.05, 3.63) is 153 Å². The molecule has 2 amide bonds. The fraction of sp³-hybridized carbons (Fsp3) is 0.370. The predicted molar refractivity (Wildman–Crippen MR) is 263 cm³/mol. The summed E-state index contributed by atoms with van der Waals surface area (Å²) in [7, 11) is 0. The van der Waals surface area contributed by atoms with Gasteiger partial charge in [0.1, 0.15) is 23.7 Å². The number of pyridine rings is 2. The number of fused-ring (bicyclic) bond motifs is 2. The molecule has 16 nitrogen and oxygen atoms in total. The van der Waals surface area contributed by atoms with Crippen molar-refractivity contribution in [1.29, 1.82) is 10.5 Å². The Labute approximate surface area is 408 Å². The lowest BCUT2D eigenvalue weighted by Crippen LogP contribution is -2.40. The molecular weight excluding hydrogens is 881 g/mol. The summed E-state index contributed by atoms with van der Waals surface area (Å²) in [6, 6.07) is 30.7. The molecule has 4 aromatic heterocycles. The topological polar surface area (TPSA) is 208 Å². The van der Waals surface area contributed by atoms with E-state index in [-0.39, 0.29) is 36.1 Å². The zero-order chi connectivity index (χ0) is 48.4. The van der Waals surface area contributed by atoms with Gasteiger partial charge in [-0.05, 0) is 122 Å². The molecule has 2 saturated heterocycles. The number of carbonyl (C=O) groups excluding carboxylic acids is 2. The summed E-state index contributed by atoms with van der Waals surface area (Å²) in [5.41, 5.74) is 8.40. The Hall–Kier alpha value is -7.98. The average molecular weight is 937 g/mol. The third-order valence-corrected chi connectivity index (χ3v) is 13.4. The number of nitrogens with one attached hydrogen (secondary N) is 2. The van der Waals surface area contributed by atoms with Gasteiger partial charge >= 0.3 is 0 Å². The van der Waals surface area contributed by atoms with Gasteiger partial charge in [-0.3, -0.25) is 19.6 Å². The van der Waals surface area contributed by atoms with E-state index < -0.39 is 0 Å². The van der Waals surface area contributed by atoms with Crippen molar-refractivity contribution < 1.29 is 19.1 Å². The van der Waals surface area contributed by atoms with Gasteiger partial charge in [0, 0.05) is 101 Å². The van der Waals surface area contributed by atoms with Crippen molar-refractivity contribution in [2.45, 2.75) is 102 Å². The van der Waals surface area contributed by atoms with E-state index in [1.807, 2.05) is 62.4 Å². The van der Waals surface area contributed by atoms with Crippen LogP contribution in [0, 0.1) is 36.5 Å². The highest BCUT2D eigenvalue weighted by molar-refractivity contribution is 5.93. The zero-order valence-corrected chi connectivity index (χ0v) is 39.6. The second-order valence-corrected chi connectivity index (χ2v) is 18.4. The van der Waals surface area contributed by atoms with Gasteiger partial charge in [0.05, 0.1) is 23.3 Å². The Morgan fingerprint density at radius 1 is 0.571 bits per heavy atom. The molecule has 0 bridgehead atoms. The number of benzene rings is 2. The van der Waals surface area contributed by atoms with Gasteiger partial charge in [-0.25, -0.2) is 0 Å². The molecule has 70 heavy (non-hydrogen) atoms. The Bertz CT molecular complexity index is 2720. The second kappa shape index (κ2) is 22.0. The largest absolute Gasteiger partial charge is 0.490 e. The Morgan fingerprint density at radius 2 is 1.00 bits per heavy atom. The van der Waals surface area contributed by atoms with E-state index in [4.69, 9.17) is 20.0 Å². The van der Waals surface area contributed by atoms with Gasteiger partial charge in [-0.1, -0.05) is 24.3 Å². The quantitative estimate of drug-likeness (QED) is 0.145. The van der Waals surface area contributed by atoms with Crippen molar-refractivity contribution >= 4 is 23.5 Å². The summed E-state index contributed by atoms with van der Waals surface area (Å²) in [5.74, 6) is 2.69. The van der Waals surface area contributed by atoms with E-state index in [0.717, 1.165) is 136 Å². The van der Waals surface area contributed by atoms with E-state index in [2.05, 4.69) is 75.1 Å². The first kappa shape index (κ1) is 47.1. The molecule has 2 aromatic carbocycles. The summed E-state index contributed by atoms with van der Waals surface area (Å²) < 4.78 is 12.2.